The normalized spacial score (nSPS) is 10.2. The lowest BCUT2D eigenvalue weighted by Gasteiger charge is -2.04. The zero-order valence-corrected chi connectivity index (χ0v) is 8.19. The van der Waals surface area contributed by atoms with E-state index in [1.54, 1.807) is 18.0 Å². The van der Waals surface area contributed by atoms with Crippen LogP contribution in [0, 0.1) is 6.92 Å². The predicted octanol–water partition coefficient (Wildman–Crippen LogP) is 1.36. The largest absolute Gasteiger partial charge is 0.326 e. The maximum absolute atomic E-state index is 5.54. The summed E-state index contributed by atoms with van der Waals surface area (Å²) < 4.78 is 0. The average molecular weight is 183 g/mol. The van der Waals surface area contributed by atoms with Gasteiger partial charge in [0.05, 0.1) is 0 Å². The molecule has 0 bridgehead atoms. The third-order valence-corrected chi connectivity index (χ3v) is 2.36. The van der Waals surface area contributed by atoms with Crippen LogP contribution in [0.1, 0.15) is 18.3 Å². The first kappa shape index (κ1) is 9.48. The van der Waals surface area contributed by atoms with Gasteiger partial charge in [-0.2, -0.15) is 0 Å². The van der Waals surface area contributed by atoms with Crippen molar-refractivity contribution in [2.24, 2.45) is 5.73 Å². The number of hydrogen-bond donors (Lipinski definition) is 1. The first-order valence-corrected chi connectivity index (χ1v) is 4.92. The highest BCUT2D eigenvalue weighted by Crippen LogP contribution is 2.18. The summed E-state index contributed by atoms with van der Waals surface area (Å²) in [6.07, 6.45) is 1.81. The Balaban J connectivity index is 2.95. The lowest BCUT2D eigenvalue weighted by atomic mass is 10.3. The summed E-state index contributed by atoms with van der Waals surface area (Å²) in [7, 11) is 0. The van der Waals surface area contributed by atoms with E-state index < -0.39 is 0 Å². The summed E-state index contributed by atoms with van der Waals surface area (Å²) >= 11 is 1.71. The summed E-state index contributed by atoms with van der Waals surface area (Å²) in [5, 5.41) is 1.02. The van der Waals surface area contributed by atoms with Crippen LogP contribution < -0.4 is 5.73 Å². The smallest absolute Gasteiger partial charge is 0.126 e. The Morgan fingerprint density at radius 2 is 2.33 bits per heavy atom. The van der Waals surface area contributed by atoms with Crippen LogP contribution in [0.4, 0.5) is 0 Å². The highest BCUT2D eigenvalue weighted by atomic mass is 32.2. The summed E-state index contributed by atoms with van der Waals surface area (Å²) in [5.41, 5.74) is 6.57. The van der Waals surface area contributed by atoms with Gasteiger partial charge in [0.15, 0.2) is 0 Å². The summed E-state index contributed by atoms with van der Waals surface area (Å²) in [6, 6.07) is 0. The molecule has 0 saturated heterocycles. The Morgan fingerprint density at radius 3 is 2.92 bits per heavy atom. The van der Waals surface area contributed by atoms with E-state index in [-0.39, 0.29) is 0 Å². The molecule has 0 amide bonds. The Bertz CT molecular complexity index is 262. The summed E-state index contributed by atoms with van der Waals surface area (Å²) in [5.74, 6) is 1.83. The van der Waals surface area contributed by atoms with Crippen LogP contribution in [0.2, 0.25) is 0 Å². The minimum Gasteiger partial charge on any atom is -0.326 e. The van der Waals surface area contributed by atoms with Crippen LogP contribution in [0.3, 0.4) is 0 Å². The van der Waals surface area contributed by atoms with E-state index >= 15 is 0 Å². The molecule has 0 atom stereocenters. The minimum absolute atomic E-state index is 0.516. The van der Waals surface area contributed by atoms with E-state index in [0.29, 0.717) is 6.54 Å². The van der Waals surface area contributed by atoms with Crippen molar-refractivity contribution < 1.29 is 0 Å². The van der Waals surface area contributed by atoms with E-state index in [0.717, 1.165) is 22.2 Å². The van der Waals surface area contributed by atoms with Gasteiger partial charge in [0.2, 0.25) is 0 Å². The molecule has 0 unspecified atom stereocenters. The average Bonchev–Trinajstić information content (AvgIpc) is 2.05. The molecule has 1 rings (SSSR count). The number of aryl methyl sites for hydroxylation is 1. The van der Waals surface area contributed by atoms with Gasteiger partial charge < -0.3 is 5.73 Å². The molecule has 0 spiro atoms. The minimum atomic E-state index is 0.516. The van der Waals surface area contributed by atoms with Gasteiger partial charge in [-0.1, -0.05) is 6.92 Å². The quantitative estimate of drug-likeness (QED) is 0.568. The molecule has 0 radical (unpaired) electrons. The van der Waals surface area contributed by atoms with E-state index in [9.17, 15) is 0 Å². The summed E-state index contributed by atoms with van der Waals surface area (Å²) in [4.78, 5) is 8.39. The van der Waals surface area contributed by atoms with E-state index in [1.807, 2.05) is 6.92 Å². The van der Waals surface area contributed by atoms with Gasteiger partial charge in [0.25, 0.3) is 0 Å². The highest BCUT2D eigenvalue weighted by molar-refractivity contribution is 7.99. The molecule has 0 aliphatic heterocycles. The van der Waals surface area contributed by atoms with Crippen molar-refractivity contribution in [3.05, 3.63) is 17.6 Å². The van der Waals surface area contributed by atoms with Gasteiger partial charge in [0, 0.05) is 18.3 Å². The molecule has 66 valence electrons. The standard InChI is InChI=1S/C8H13N3S/c1-3-12-8-7(4-9)5-10-6(2)11-8/h5H,3-4,9H2,1-2H3. The van der Waals surface area contributed by atoms with Crippen molar-refractivity contribution in [1.29, 1.82) is 0 Å². The predicted molar refractivity (Wildman–Crippen MR) is 51.1 cm³/mol. The number of hydrogen-bond acceptors (Lipinski definition) is 4. The van der Waals surface area contributed by atoms with Crippen molar-refractivity contribution in [2.75, 3.05) is 5.75 Å². The number of thioether (sulfide) groups is 1. The lowest BCUT2D eigenvalue weighted by molar-refractivity contribution is 0.885. The fourth-order valence-electron chi connectivity index (χ4n) is 0.876. The Kier molecular flexibility index (Phi) is 3.49. The van der Waals surface area contributed by atoms with Crippen molar-refractivity contribution >= 4 is 11.8 Å². The monoisotopic (exact) mass is 183 g/mol. The second-order valence-electron chi connectivity index (χ2n) is 2.38. The first-order chi connectivity index (χ1) is 5.77. The van der Waals surface area contributed by atoms with Gasteiger partial charge in [-0.15, -0.1) is 11.8 Å². The van der Waals surface area contributed by atoms with E-state index in [2.05, 4.69) is 16.9 Å². The second-order valence-corrected chi connectivity index (χ2v) is 3.64. The zero-order chi connectivity index (χ0) is 8.97. The number of nitrogens with two attached hydrogens (primary N) is 1. The third-order valence-electron chi connectivity index (χ3n) is 1.45. The Hall–Kier alpha value is -0.610. The molecule has 2 N–H and O–H groups in total. The molecule has 0 aromatic carbocycles. The van der Waals surface area contributed by atoms with Crippen molar-refractivity contribution in [2.45, 2.75) is 25.4 Å². The molecule has 1 heterocycles. The molecular weight excluding hydrogens is 170 g/mol. The molecule has 1 aromatic rings. The van der Waals surface area contributed by atoms with Crippen LogP contribution in [0.5, 0.6) is 0 Å². The van der Waals surface area contributed by atoms with Crippen LogP contribution in [0.15, 0.2) is 11.2 Å². The molecule has 1 aromatic heterocycles. The fourth-order valence-corrected chi connectivity index (χ4v) is 1.67. The summed E-state index contributed by atoms with van der Waals surface area (Å²) in [6.45, 7) is 4.50. The topological polar surface area (TPSA) is 51.8 Å². The van der Waals surface area contributed by atoms with Gasteiger partial charge in [0.1, 0.15) is 10.9 Å². The molecule has 0 fully saturated rings. The van der Waals surface area contributed by atoms with Crippen LogP contribution in [-0.4, -0.2) is 15.7 Å². The molecule has 12 heavy (non-hydrogen) atoms. The number of aromatic nitrogens is 2. The highest BCUT2D eigenvalue weighted by Gasteiger charge is 2.02. The lowest BCUT2D eigenvalue weighted by Crippen LogP contribution is -2.02. The van der Waals surface area contributed by atoms with E-state index in [4.69, 9.17) is 5.73 Å². The van der Waals surface area contributed by atoms with Crippen LogP contribution in [-0.2, 0) is 6.54 Å². The number of rotatable bonds is 3. The van der Waals surface area contributed by atoms with Gasteiger partial charge >= 0.3 is 0 Å². The van der Waals surface area contributed by atoms with Crippen LogP contribution in [0.25, 0.3) is 0 Å². The maximum atomic E-state index is 5.54. The molecular formula is C8H13N3S. The zero-order valence-electron chi connectivity index (χ0n) is 7.37. The molecule has 0 aliphatic rings. The molecule has 0 aliphatic carbocycles. The van der Waals surface area contributed by atoms with Crippen molar-refractivity contribution in [1.82, 2.24) is 9.97 Å². The maximum Gasteiger partial charge on any atom is 0.126 e. The van der Waals surface area contributed by atoms with Crippen LogP contribution >= 0.6 is 11.8 Å². The molecule has 3 nitrogen and oxygen atoms in total. The second kappa shape index (κ2) is 4.42. The van der Waals surface area contributed by atoms with Gasteiger partial charge in [-0.05, 0) is 12.7 Å². The Morgan fingerprint density at radius 1 is 1.58 bits per heavy atom. The molecule has 0 saturated carbocycles. The molecule has 4 heteroatoms. The van der Waals surface area contributed by atoms with E-state index in [1.165, 1.54) is 0 Å². The van der Waals surface area contributed by atoms with Gasteiger partial charge in [-0.3, -0.25) is 0 Å². The van der Waals surface area contributed by atoms with Gasteiger partial charge in [-0.25, -0.2) is 9.97 Å². The van der Waals surface area contributed by atoms with Crippen molar-refractivity contribution in [3.8, 4) is 0 Å². The third kappa shape index (κ3) is 2.19. The number of nitrogens with zero attached hydrogens (tertiary/aromatic N) is 2. The van der Waals surface area contributed by atoms with Crippen molar-refractivity contribution in [3.63, 3.8) is 0 Å². The fraction of sp³-hybridized carbons (Fsp3) is 0.500. The first-order valence-electron chi connectivity index (χ1n) is 3.93. The SMILES string of the molecule is CCSc1nc(C)ncc1CN. The Labute approximate surface area is 76.8 Å².